The highest BCUT2D eigenvalue weighted by molar-refractivity contribution is 7.17. The molecule has 0 aliphatic heterocycles. The van der Waals surface area contributed by atoms with Gasteiger partial charge in [-0.05, 0) is 0 Å². The van der Waals surface area contributed by atoms with Gasteiger partial charge < -0.3 is 10.0 Å². The fourth-order valence-corrected chi connectivity index (χ4v) is 2.47. The highest BCUT2D eigenvalue weighted by Crippen LogP contribution is 2.27. The Morgan fingerprint density at radius 1 is 1.53 bits per heavy atom. The van der Waals surface area contributed by atoms with Crippen molar-refractivity contribution in [2.75, 3.05) is 11.9 Å². The monoisotopic (exact) mass is 280 g/mol. The van der Waals surface area contributed by atoms with E-state index in [0.29, 0.717) is 11.7 Å². The number of H-pyrrole nitrogens is 1. The van der Waals surface area contributed by atoms with Gasteiger partial charge >= 0.3 is 5.97 Å². The maximum absolute atomic E-state index is 11.4. The summed E-state index contributed by atoms with van der Waals surface area (Å²) in [6.45, 7) is 1.86. The lowest BCUT2D eigenvalue weighted by atomic mass is 10.3. The lowest BCUT2D eigenvalue weighted by Gasteiger charge is -2.13. The smallest absolute Gasteiger partial charge is 0.356 e. The molecular formula is C11H12N4O3S. The maximum Gasteiger partial charge on any atom is 0.356 e. The number of carbonyl (C=O) groups excluding carboxylic acids is 1. The molecule has 2 rings (SSSR count). The zero-order valence-corrected chi connectivity index (χ0v) is 11.2. The number of nitrogens with one attached hydrogen (secondary N) is 1. The van der Waals surface area contributed by atoms with Gasteiger partial charge in [-0.3, -0.25) is 9.89 Å². The fourth-order valence-electron chi connectivity index (χ4n) is 1.56. The first kappa shape index (κ1) is 13.2. The Morgan fingerprint density at radius 2 is 2.26 bits per heavy atom. The lowest BCUT2D eigenvalue weighted by molar-refractivity contribution is 0.0687. The van der Waals surface area contributed by atoms with Crippen LogP contribution in [0, 0.1) is 0 Å². The summed E-state index contributed by atoms with van der Waals surface area (Å²) in [4.78, 5) is 28.4. The van der Waals surface area contributed by atoms with E-state index in [9.17, 15) is 9.59 Å². The molecule has 8 heteroatoms. The van der Waals surface area contributed by atoms with E-state index in [-0.39, 0.29) is 16.4 Å². The molecule has 7 nitrogen and oxygen atoms in total. The summed E-state index contributed by atoms with van der Waals surface area (Å²) in [6.07, 6.45) is 3.42. The van der Waals surface area contributed by atoms with Crippen LogP contribution in [0.1, 0.15) is 32.6 Å². The maximum atomic E-state index is 11.4. The molecule has 0 aromatic carbocycles. The third kappa shape index (κ3) is 2.79. The number of thiazole rings is 1. The molecule has 2 heterocycles. The zero-order chi connectivity index (χ0) is 14.0. The summed E-state index contributed by atoms with van der Waals surface area (Å²) < 4.78 is 0. The number of aromatic carboxylic acids is 1. The number of Topliss-reactive ketones (excluding diaryl/α,β-unsaturated/α-hetero) is 1. The summed E-state index contributed by atoms with van der Waals surface area (Å²) in [5.41, 5.74) is 0.755. The number of aromatic nitrogens is 3. The van der Waals surface area contributed by atoms with Gasteiger partial charge in [-0.15, -0.1) is 0 Å². The minimum absolute atomic E-state index is 0.168. The second kappa shape index (κ2) is 5.19. The van der Waals surface area contributed by atoms with E-state index in [2.05, 4.69) is 15.2 Å². The van der Waals surface area contributed by atoms with Crippen molar-refractivity contribution in [3.63, 3.8) is 0 Å². The fraction of sp³-hybridized carbons (Fsp3) is 0.273. The molecule has 0 saturated carbocycles. The Kier molecular flexibility index (Phi) is 3.61. The number of rotatable bonds is 5. The standard InChI is InChI=1S/C11H12N4O3S/c1-6(16)9-8(10(17)18)14-11(19-9)15(2)5-7-3-12-13-4-7/h3-4H,5H2,1-2H3,(H,12,13)(H,17,18). The van der Waals surface area contributed by atoms with Crippen LogP contribution in [0.25, 0.3) is 0 Å². The van der Waals surface area contributed by atoms with E-state index in [0.717, 1.165) is 16.9 Å². The Balaban J connectivity index is 2.27. The van der Waals surface area contributed by atoms with Gasteiger partial charge in [-0.1, -0.05) is 11.3 Å². The molecule has 2 N–H and O–H groups in total. The molecule has 19 heavy (non-hydrogen) atoms. The molecule has 2 aromatic heterocycles. The average Bonchev–Trinajstić information content (AvgIpc) is 2.96. The lowest BCUT2D eigenvalue weighted by Crippen LogP contribution is -2.16. The van der Waals surface area contributed by atoms with E-state index in [1.165, 1.54) is 6.92 Å². The number of carboxylic acids is 1. The van der Waals surface area contributed by atoms with Crippen molar-refractivity contribution in [2.45, 2.75) is 13.5 Å². The van der Waals surface area contributed by atoms with Gasteiger partial charge in [0.05, 0.1) is 6.20 Å². The summed E-state index contributed by atoms with van der Waals surface area (Å²) in [6, 6.07) is 0. The topological polar surface area (TPSA) is 99.2 Å². The van der Waals surface area contributed by atoms with Crippen LogP contribution in [0.3, 0.4) is 0 Å². The number of aromatic amines is 1. The molecule has 0 bridgehead atoms. The van der Waals surface area contributed by atoms with Crippen LogP contribution in [0.4, 0.5) is 5.13 Å². The Bertz CT molecular complexity index is 574. The summed E-state index contributed by atoms with van der Waals surface area (Å²) in [7, 11) is 1.78. The molecule has 0 unspecified atom stereocenters. The molecule has 0 amide bonds. The van der Waals surface area contributed by atoms with E-state index >= 15 is 0 Å². The van der Waals surface area contributed by atoms with Crippen molar-refractivity contribution in [3.05, 3.63) is 28.5 Å². The number of carboxylic acid groups (broad SMARTS) is 1. The Hall–Kier alpha value is -2.22. The molecule has 0 fully saturated rings. The van der Waals surface area contributed by atoms with Crippen LogP contribution in [0.2, 0.25) is 0 Å². The highest BCUT2D eigenvalue weighted by atomic mass is 32.1. The van der Waals surface area contributed by atoms with Crippen LogP contribution < -0.4 is 4.90 Å². The molecule has 0 atom stereocenters. The second-order valence-corrected chi connectivity index (χ2v) is 4.98. The molecule has 100 valence electrons. The Labute approximate surface area is 112 Å². The highest BCUT2D eigenvalue weighted by Gasteiger charge is 2.22. The number of ketones is 1. The number of anilines is 1. The molecule has 0 saturated heterocycles. The number of hydrogen-bond donors (Lipinski definition) is 2. The predicted molar refractivity (Wildman–Crippen MR) is 69.8 cm³/mol. The largest absolute Gasteiger partial charge is 0.476 e. The van der Waals surface area contributed by atoms with E-state index < -0.39 is 5.97 Å². The summed E-state index contributed by atoms with van der Waals surface area (Å²) in [5, 5.41) is 16.0. The molecule has 2 aromatic rings. The molecule has 0 aliphatic carbocycles. The molecule has 0 radical (unpaired) electrons. The van der Waals surface area contributed by atoms with Crippen molar-refractivity contribution in [2.24, 2.45) is 0 Å². The van der Waals surface area contributed by atoms with Gasteiger partial charge in [0, 0.05) is 32.3 Å². The second-order valence-electron chi connectivity index (χ2n) is 4.00. The first-order chi connectivity index (χ1) is 8.99. The minimum Gasteiger partial charge on any atom is -0.476 e. The van der Waals surface area contributed by atoms with Crippen LogP contribution in [0.15, 0.2) is 12.4 Å². The SMILES string of the molecule is CC(=O)c1sc(N(C)Cc2cn[nH]c2)nc1C(=O)O. The van der Waals surface area contributed by atoms with Gasteiger partial charge in [0.2, 0.25) is 0 Å². The molecule has 0 aliphatic rings. The minimum atomic E-state index is -1.19. The van der Waals surface area contributed by atoms with Gasteiger partial charge in [0.1, 0.15) is 4.88 Å². The third-order valence-electron chi connectivity index (χ3n) is 2.44. The molecular weight excluding hydrogens is 268 g/mol. The number of carbonyl (C=O) groups is 2. The van der Waals surface area contributed by atoms with Crippen molar-refractivity contribution in [1.82, 2.24) is 15.2 Å². The summed E-state index contributed by atoms with van der Waals surface area (Å²) in [5.74, 6) is -1.48. The van der Waals surface area contributed by atoms with Gasteiger partial charge in [0.25, 0.3) is 0 Å². The van der Waals surface area contributed by atoms with Crippen LogP contribution >= 0.6 is 11.3 Å². The van der Waals surface area contributed by atoms with Crippen molar-refractivity contribution in [3.8, 4) is 0 Å². The first-order valence-electron chi connectivity index (χ1n) is 5.43. The van der Waals surface area contributed by atoms with Gasteiger partial charge in [-0.25, -0.2) is 9.78 Å². The summed E-state index contributed by atoms with van der Waals surface area (Å²) >= 11 is 1.08. The van der Waals surface area contributed by atoms with Crippen molar-refractivity contribution < 1.29 is 14.7 Å². The van der Waals surface area contributed by atoms with E-state index in [4.69, 9.17) is 5.11 Å². The normalized spacial score (nSPS) is 10.4. The van der Waals surface area contributed by atoms with E-state index in [1.807, 2.05) is 0 Å². The number of nitrogens with zero attached hydrogens (tertiary/aromatic N) is 3. The van der Waals surface area contributed by atoms with Crippen molar-refractivity contribution >= 4 is 28.2 Å². The van der Waals surface area contributed by atoms with Crippen LogP contribution in [-0.4, -0.2) is 39.1 Å². The van der Waals surface area contributed by atoms with Crippen molar-refractivity contribution in [1.29, 1.82) is 0 Å². The zero-order valence-electron chi connectivity index (χ0n) is 10.4. The number of hydrogen-bond acceptors (Lipinski definition) is 6. The first-order valence-corrected chi connectivity index (χ1v) is 6.24. The quantitative estimate of drug-likeness (QED) is 0.803. The van der Waals surface area contributed by atoms with Gasteiger partial charge in [-0.2, -0.15) is 5.10 Å². The van der Waals surface area contributed by atoms with Crippen LogP contribution in [0.5, 0.6) is 0 Å². The molecule has 0 spiro atoms. The third-order valence-corrected chi connectivity index (χ3v) is 3.71. The van der Waals surface area contributed by atoms with E-state index in [1.54, 1.807) is 24.3 Å². The van der Waals surface area contributed by atoms with Gasteiger partial charge in [0.15, 0.2) is 16.6 Å². The Morgan fingerprint density at radius 3 is 2.74 bits per heavy atom. The predicted octanol–water partition coefficient (Wildman–Crippen LogP) is 1.40. The average molecular weight is 280 g/mol. The van der Waals surface area contributed by atoms with Crippen LogP contribution in [-0.2, 0) is 6.54 Å².